The summed E-state index contributed by atoms with van der Waals surface area (Å²) in [5, 5.41) is -5.93. The van der Waals surface area contributed by atoms with Gasteiger partial charge in [-0.25, -0.2) is 50.5 Å². The van der Waals surface area contributed by atoms with E-state index in [0.717, 1.165) is 0 Å². The first-order chi connectivity index (χ1) is 15.7. The maximum Gasteiger partial charge on any atom is 0.295 e. The Hall–Kier alpha value is 0.700. The van der Waals surface area contributed by atoms with Crippen molar-refractivity contribution in [3.63, 3.8) is 0 Å². The molecule has 2 aromatic rings. The van der Waals surface area contributed by atoms with Gasteiger partial charge in [-0.15, -0.1) is 0 Å². The summed E-state index contributed by atoms with van der Waals surface area (Å²) in [4.78, 5) is -6.63. The maximum absolute atomic E-state index is 12.0. The summed E-state index contributed by atoms with van der Waals surface area (Å²) < 4.78 is 152. The van der Waals surface area contributed by atoms with Gasteiger partial charge in [0.2, 0.25) is 0 Å². The Morgan fingerprint density at radius 1 is 0.389 bits per heavy atom. The highest BCUT2D eigenvalue weighted by molar-refractivity contribution is 8.76. The maximum atomic E-state index is 12.0. The Balaban J connectivity index is 2.94. The first-order valence-electron chi connectivity index (χ1n) is 7.04. The fourth-order valence-electron chi connectivity index (χ4n) is 2.07. The van der Waals surface area contributed by atoms with Gasteiger partial charge in [-0.3, -0.25) is 0 Å². The molecule has 0 bridgehead atoms. The molecule has 0 unspecified atom stereocenters. The van der Waals surface area contributed by atoms with Crippen LogP contribution in [-0.4, -0.2) is 50.5 Å². The SMILES string of the molecule is O=S(=O)(Cl)c1oc(SSc2oc(S(=O)(=O)Cl)c(S(=O)(=O)Cl)c2S(=O)(=O)Cl)c(S(=O)(=O)Cl)c1S(=O)(=O)Cl. The number of rotatable bonds is 9. The van der Waals surface area contributed by atoms with Gasteiger partial charge < -0.3 is 8.83 Å². The van der Waals surface area contributed by atoms with E-state index in [1.54, 1.807) is 0 Å². The normalized spacial score (nSPS) is 14.3. The fourth-order valence-corrected chi connectivity index (χ4v) is 15.2. The lowest BCUT2D eigenvalue weighted by atomic mass is 10.6. The van der Waals surface area contributed by atoms with Crippen LogP contribution in [0.1, 0.15) is 0 Å². The van der Waals surface area contributed by atoms with Crippen LogP contribution in [-0.2, 0) is 54.3 Å². The van der Waals surface area contributed by atoms with Crippen molar-refractivity contribution in [3.05, 3.63) is 0 Å². The van der Waals surface area contributed by atoms with Crippen LogP contribution < -0.4 is 0 Å². The average Bonchev–Trinajstić information content (AvgIpc) is 3.17. The first-order valence-corrected chi connectivity index (χ1v) is 23.0. The minimum Gasteiger partial charge on any atom is -0.433 e. The number of halogens is 6. The molecule has 0 aliphatic heterocycles. The van der Waals surface area contributed by atoms with Gasteiger partial charge in [0.15, 0.2) is 29.8 Å². The zero-order chi connectivity index (χ0) is 28.4. The molecule has 36 heavy (non-hydrogen) atoms. The molecule has 0 saturated heterocycles. The molecule has 0 aliphatic carbocycles. The van der Waals surface area contributed by atoms with Crippen molar-refractivity contribution in [2.24, 2.45) is 0 Å². The van der Waals surface area contributed by atoms with Crippen LogP contribution in [0.5, 0.6) is 0 Å². The molecular weight excluding hydrogens is 789 g/mol. The van der Waals surface area contributed by atoms with Crippen molar-refractivity contribution >= 4 is 140 Å². The predicted octanol–water partition coefficient (Wildman–Crippen LogP) is 3.24. The van der Waals surface area contributed by atoms with Gasteiger partial charge in [0.05, 0.1) is 0 Å². The molecule has 0 fully saturated rings. The van der Waals surface area contributed by atoms with E-state index in [9.17, 15) is 50.5 Å². The summed E-state index contributed by atoms with van der Waals surface area (Å²) in [6, 6.07) is 0. The Morgan fingerprint density at radius 2 is 0.611 bits per heavy atom. The van der Waals surface area contributed by atoms with Crippen molar-refractivity contribution in [2.45, 2.75) is 40.0 Å². The predicted molar refractivity (Wildman–Crippen MR) is 127 cm³/mol. The van der Waals surface area contributed by atoms with Crippen molar-refractivity contribution < 1.29 is 59.3 Å². The Morgan fingerprint density at radius 3 is 0.778 bits per heavy atom. The second kappa shape index (κ2) is 10.3. The minimum absolute atomic E-state index is 0.185. The third-order valence-corrected chi connectivity index (χ3v) is 13.7. The van der Waals surface area contributed by atoms with Gasteiger partial charge >= 0.3 is 0 Å². The molecule has 14 nitrogen and oxygen atoms in total. The average molecular weight is 789 g/mol. The summed E-state index contributed by atoms with van der Waals surface area (Å²) in [5.74, 6) is 0. The van der Waals surface area contributed by atoms with Gasteiger partial charge in [0.1, 0.15) is 0 Å². The van der Waals surface area contributed by atoms with E-state index in [1.165, 1.54) is 0 Å². The van der Waals surface area contributed by atoms with Crippen LogP contribution in [0.15, 0.2) is 48.8 Å². The van der Waals surface area contributed by atoms with E-state index in [4.69, 9.17) is 64.1 Å². The second-order valence-electron chi connectivity index (χ2n) is 5.46. The van der Waals surface area contributed by atoms with Crippen LogP contribution in [0.2, 0.25) is 0 Å². The standard InChI is InChI=1S/C8Cl6O14S8/c9-31(15,16)1-3(33(11,19)20)7(35(13,23)24)27-5(1)29-30-6-2(32(10,17)18)4(34(12,21)22)8(28-6)36(14,25)26. The molecule has 0 amide bonds. The lowest BCUT2D eigenvalue weighted by Crippen LogP contribution is -2.03. The van der Waals surface area contributed by atoms with E-state index in [2.05, 4.69) is 8.83 Å². The van der Waals surface area contributed by atoms with Crippen LogP contribution in [0.3, 0.4) is 0 Å². The van der Waals surface area contributed by atoms with E-state index < -0.39 is 94.3 Å². The van der Waals surface area contributed by atoms with Crippen LogP contribution >= 0.6 is 85.7 Å². The summed E-state index contributed by atoms with van der Waals surface area (Å²) >= 11 is 0. The lowest BCUT2D eigenvalue weighted by Gasteiger charge is -2.01. The number of hydrogen-bond acceptors (Lipinski definition) is 16. The van der Waals surface area contributed by atoms with Crippen LogP contribution in [0, 0.1) is 0 Å². The van der Waals surface area contributed by atoms with E-state index in [1.807, 2.05) is 0 Å². The van der Waals surface area contributed by atoms with Crippen molar-refractivity contribution in [2.75, 3.05) is 0 Å². The molecule has 0 N–H and O–H groups in total. The van der Waals surface area contributed by atoms with Gasteiger partial charge in [0.25, 0.3) is 64.5 Å². The number of hydrogen-bond donors (Lipinski definition) is 0. The Kier molecular flexibility index (Phi) is 9.39. The lowest BCUT2D eigenvalue weighted by molar-refractivity contribution is 0.370. The molecule has 2 aromatic heterocycles. The minimum atomic E-state index is -5.27. The highest BCUT2D eigenvalue weighted by Gasteiger charge is 2.43. The zero-order valence-corrected chi connectivity index (χ0v) is 26.3. The van der Waals surface area contributed by atoms with E-state index >= 15 is 0 Å². The molecule has 0 radical (unpaired) electrons. The Bertz CT molecular complexity index is 1770. The highest BCUT2D eigenvalue weighted by Crippen LogP contribution is 2.52. The van der Waals surface area contributed by atoms with Gasteiger partial charge in [-0.2, -0.15) is 0 Å². The van der Waals surface area contributed by atoms with Crippen molar-refractivity contribution in [1.29, 1.82) is 0 Å². The third-order valence-electron chi connectivity index (χ3n) is 3.14. The van der Waals surface area contributed by atoms with E-state index in [0.29, 0.717) is 0 Å². The molecule has 28 heteroatoms. The third kappa shape index (κ3) is 7.26. The largest absolute Gasteiger partial charge is 0.433 e. The van der Waals surface area contributed by atoms with Crippen LogP contribution in [0.4, 0.5) is 0 Å². The monoisotopic (exact) mass is 786 g/mol. The molecule has 206 valence electrons. The molecule has 0 saturated carbocycles. The molecule has 0 spiro atoms. The molecule has 2 rings (SSSR count). The number of furan rings is 2. The quantitative estimate of drug-likeness (QED) is 0.262. The Labute approximate surface area is 236 Å². The fraction of sp³-hybridized carbons (Fsp3) is 0. The summed E-state index contributed by atoms with van der Waals surface area (Å²) in [6.45, 7) is 0. The zero-order valence-electron chi connectivity index (χ0n) is 15.2. The van der Waals surface area contributed by atoms with Crippen molar-refractivity contribution in [1.82, 2.24) is 0 Å². The second-order valence-corrected chi connectivity index (χ2v) is 22.5. The summed E-state index contributed by atoms with van der Waals surface area (Å²) in [5.41, 5.74) is 0. The summed E-state index contributed by atoms with van der Waals surface area (Å²) in [6.07, 6.45) is 0. The van der Waals surface area contributed by atoms with Gasteiger partial charge in [-0.05, 0) is 21.6 Å². The molecule has 0 aliphatic rings. The van der Waals surface area contributed by atoms with Crippen LogP contribution in [0.25, 0.3) is 0 Å². The highest BCUT2D eigenvalue weighted by atomic mass is 35.7. The molecule has 0 aromatic carbocycles. The van der Waals surface area contributed by atoms with E-state index in [-0.39, 0.29) is 21.6 Å². The first kappa shape index (κ1) is 32.9. The summed E-state index contributed by atoms with van der Waals surface area (Å²) in [7, 11) is -1.08. The topological polar surface area (TPSA) is 231 Å². The van der Waals surface area contributed by atoms with Crippen molar-refractivity contribution in [3.8, 4) is 0 Å². The molecular formula is C8Cl6O14S8. The smallest absolute Gasteiger partial charge is 0.295 e. The van der Waals surface area contributed by atoms with Gasteiger partial charge in [0, 0.05) is 64.1 Å². The molecule has 0 atom stereocenters. The molecule has 2 heterocycles. The van der Waals surface area contributed by atoms with Gasteiger partial charge in [-0.1, -0.05) is 0 Å².